The quantitative estimate of drug-likeness (QED) is 0.824. The molecule has 1 unspecified atom stereocenters. The van der Waals surface area contributed by atoms with Crippen molar-refractivity contribution >= 4 is 11.9 Å². The number of nitrogens with zero attached hydrogens (tertiary/aromatic N) is 1. The SMILES string of the molecule is C1=CC(C2NCCO2)=C(c2ccccc2)NN=C1. The van der Waals surface area contributed by atoms with Crippen molar-refractivity contribution in [2.45, 2.75) is 6.23 Å². The number of nitrogens with one attached hydrogen (secondary N) is 2. The zero-order valence-electron chi connectivity index (χ0n) is 9.97. The number of ether oxygens (including phenoxy) is 1. The van der Waals surface area contributed by atoms with Crippen LogP contribution in [0.1, 0.15) is 5.56 Å². The summed E-state index contributed by atoms with van der Waals surface area (Å²) in [5.74, 6) is 0. The first-order chi connectivity index (χ1) is 8.95. The van der Waals surface area contributed by atoms with Gasteiger partial charge in [-0.15, -0.1) is 0 Å². The van der Waals surface area contributed by atoms with Crippen molar-refractivity contribution in [1.82, 2.24) is 10.7 Å². The van der Waals surface area contributed by atoms with E-state index in [-0.39, 0.29) is 6.23 Å². The maximum Gasteiger partial charge on any atom is 0.136 e. The zero-order chi connectivity index (χ0) is 12.2. The van der Waals surface area contributed by atoms with Crippen LogP contribution in [0.4, 0.5) is 0 Å². The maximum atomic E-state index is 5.68. The van der Waals surface area contributed by atoms with Crippen LogP contribution in [0.25, 0.3) is 5.70 Å². The van der Waals surface area contributed by atoms with Crippen molar-refractivity contribution in [2.24, 2.45) is 5.10 Å². The summed E-state index contributed by atoms with van der Waals surface area (Å²) in [6.45, 7) is 1.62. The molecule has 2 aliphatic rings. The van der Waals surface area contributed by atoms with E-state index in [1.165, 1.54) is 0 Å². The number of benzene rings is 1. The molecule has 1 aromatic rings. The Hall–Kier alpha value is -1.91. The lowest BCUT2D eigenvalue weighted by Gasteiger charge is -2.16. The lowest BCUT2D eigenvalue weighted by molar-refractivity contribution is 0.132. The normalized spacial score (nSPS) is 23.0. The van der Waals surface area contributed by atoms with Gasteiger partial charge < -0.3 is 4.74 Å². The zero-order valence-corrected chi connectivity index (χ0v) is 9.97. The molecule has 1 aromatic carbocycles. The molecule has 92 valence electrons. The highest BCUT2D eigenvalue weighted by Gasteiger charge is 2.22. The third-order valence-corrected chi connectivity index (χ3v) is 2.96. The van der Waals surface area contributed by atoms with Crippen LogP contribution < -0.4 is 10.7 Å². The van der Waals surface area contributed by atoms with Crippen molar-refractivity contribution in [3.63, 3.8) is 0 Å². The highest BCUT2D eigenvalue weighted by Crippen LogP contribution is 2.22. The predicted molar refractivity (Wildman–Crippen MR) is 71.9 cm³/mol. The summed E-state index contributed by atoms with van der Waals surface area (Å²) in [6, 6.07) is 10.2. The third kappa shape index (κ3) is 2.20. The van der Waals surface area contributed by atoms with E-state index in [0.717, 1.165) is 30.0 Å². The highest BCUT2D eigenvalue weighted by molar-refractivity contribution is 5.79. The Morgan fingerprint density at radius 2 is 2.11 bits per heavy atom. The first-order valence-corrected chi connectivity index (χ1v) is 6.05. The second kappa shape index (κ2) is 5.16. The van der Waals surface area contributed by atoms with E-state index in [1.54, 1.807) is 6.21 Å². The van der Waals surface area contributed by atoms with Crippen LogP contribution in [0.3, 0.4) is 0 Å². The number of rotatable bonds is 2. The van der Waals surface area contributed by atoms with Gasteiger partial charge in [-0.1, -0.05) is 36.4 Å². The molecule has 1 saturated heterocycles. The van der Waals surface area contributed by atoms with Gasteiger partial charge in [0.15, 0.2) is 0 Å². The minimum atomic E-state index is -0.0642. The molecule has 3 rings (SSSR count). The lowest BCUT2D eigenvalue weighted by atomic mass is 10.1. The van der Waals surface area contributed by atoms with E-state index in [4.69, 9.17) is 4.74 Å². The van der Waals surface area contributed by atoms with Crippen molar-refractivity contribution in [2.75, 3.05) is 13.2 Å². The van der Waals surface area contributed by atoms with Crippen LogP contribution in [0.2, 0.25) is 0 Å². The van der Waals surface area contributed by atoms with Gasteiger partial charge in [-0.3, -0.25) is 10.7 Å². The summed E-state index contributed by atoms with van der Waals surface area (Å²) >= 11 is 0. The molecule has 1 atom stereocenters. The molecule has 0 aliphatic carbocycles. The Labute approximate surface area is 106 Å². The summed E-state index contributed by atoms with van der Waals surface area (Å²) in [7, 11) is 0. The number of hydrazone groups is 1. The van der Waals surface area contributed by atoms with Gasteiger partial charge in [0.2, 0.25) is 0 Å². The van der Waals surface area contributed by atoms with Crippen LogP contribution in [-0.2, 0) is 4.74 Å². The first-order valence-electron chi connectivity index (χ1n) is 6.05. The van der Waals surface area contributed by atoms with E-state index in [1.807, 2.05) is 30.4 Å². The molecular weight excluding hydrogens is 226 g/mol. The topological polar surface area (TPSA) is 45.6 Å². The van der Waals surface area contributed by atoms with Crippen molar-refractivity contribution in [3.05, 3.63) is 53.6 Å². The van der Waals surface area contributed by atoms with Gasteiger partial charge in [-0.2, -0.15) is 5.10 Å². The first kappa shape index (κ1) is 11.2. The third-order valence-electron chi connectivity index (χ3n) is 2.96. The molecule has 0 saturated carbocycles. The van der Waals surface area contributed by atoms with Crippen molar-refractivity contribution in [3.8, 4) is 0 Å². The summed E-state index contributed by atoms with van der Waals surface area (Å²) in [4.78, 5) is 0. The fourth-order valence-electron chi connectivity index (χ4n) is 2.12. The molecule has 2 heterocycles. The number of hydrogen-bond acceptors (Lipinski definition) is 4. The molecule has 0 spiro atoms. The highest BCUT2D eigenvalue weighted by atomic mass is 16.5. The fourth-order valence-corrected chi connectivity index (χ4v) is 2.12. The molecule has 2 aliphatic heterocycles. The molecular formula is C14H15N3O. The van der Waals surface area contributed by atoms with Crippen LogP contribution in [0.15, 0.2) is 53.2 Å². The molecule has 4 nitrogen and oxygen atoms in total. The Bertz CT molecular complexity index is 499. The van der Waals surface area contributed by atoms with Crippen LogP contribution in [0.5, 0.6) is 0 Å². The van der Waals surface area contributed by atoms with Crippen molar-refractivity contribution in [1.29, 1.82) is 0 Å². The average Bonchev–Trinajstić information content (AvgIpc) is 2.84. The molecule has 0 radical (unpaired) electrons. The van der Waals surface area contributed by atoms with E-state index in [0.29, 0.717) is 0 Å². The van der Waals surface area contributed by atoms with Gasteiger partial charge >= 0.3 is 0 Å². The van der Waals surface area contributed by atoms with E-state index in [2.05, 4.69) is 28.0 Å². The smallest absolute Gasteiger partial charge is 0.136 e. The van der Waals surface area contributed by atoms with Gasteiger partial charge in [-0.25, -0.2) is 0 Å². The number of hydrogen-bond donors (Lipinski definition) is 2. The summed E-state index contributed by atoms with van der Waals surface area (Å²) < 4.78 is 5.68. The fraction of sp³-hybridized carbons (Fsp3) is 0.214. The standard InChI is InChI=1S/C14H15N3O/c1-2-5-11(6-3-1)13-12(7-4-8-16-17-13)14-15-9-10-18-14/h1-8,14-15,17H,9-10H2. The molecule has 1 fully saturated rings. The van der Waals surface area contributed by atoms with E-state index < -0.39 is 0 Å². The van der Waals surface area contributed by atoms with Gasteiger partial charge in [0.1, 0.15) is 6.23 Å². The second-order valence-electron chi connectivity index (χ2n) is 4.15. The Morgan fingerprint density at radius 1 is 1.22 bits per heavy atom. The largest absolute Gasteiger partial charge is 0.358 e. The predicted octanol–water partition coefficient (Wildman–Crippen LogP) is 1.49. The number of allylic oxidation sites excluding steroid dienone is 1. The second-order valence-corrected chi connectivity index (χ2v) is 4.15. The molecule has 18 heavy (non-hydrogen) atoms. The lowest BCUT2D eigenvalue weighted by Crippen LogP contribution is -2.26. The molecule has 4 heteroatoms. The van der Waals surface area contributed by atoms with E-state index in [9.17, 15) is 0 Å². The van der Waals surface area contributed by atoms with Gasteiger partial charge in [-0.05, 0) is 11.6 Å². The van der Waals surface area contributed by atoms with E-state index >= 15 is 0 Å². The van der Waals surface area contributed by atoms with Gasteiger partial charge in [0.05, 0.1) is 12.3 Å². The Morgan fingerprint density at radius 3 is 2.89 bits per heavy atom. The Balaban J connectivity index is 2.03. The maximum absolute atomic E-state index is 5.68. The summed E-state index contributed by atoms with van der Waals surface area (Å²) in [6.07, 6.45) is 5.63. The molecule has 0 amide bonds. The van der Waals surface area contributed by atoms with Gasteiger partial charge in [0.25, 0.3) is 0 Å². The average molecular weight is 241 g/mol. The summed E-state index contributed by atoms with van der Waals surface area (Å²) in [5.41, 5.74) is 6.26. The van der Waals surface area contributed by atoms with Crippen LogP contribution >= 0.6 is 0 Å². The summed E-state index contributed by atoms with van der Waals surface area (Å²) in [5, 5.41) is 7.47. The Kier molecular flexibility index (Phi) is 3.21. The van der Waals surface area contributed by atoms with Crippen LogP contribution in [0, 0.1) is 0 Å². The minimum Gasteiger partial charge on any atom is -0.358 e. The molecule has 2 N–H and O–H groups in total. The molecule has 0 aromatic heterocycles. The van der Waals surface area contributed by atoms with Crippen molar-refractivity contribution < 1.29 is 4.74 Å². The monoisotopic (exact) mass is 241 g/mol. The minimum absolute atomic E-state index is 0.0642. The van der Waals surface area contributed by atoms with Crippen LogP contribution in [-0.4, -0.2) is 25.6 Å². The molecule has 0 bridgehead atoms. The van der Waals surface area contributed by atoms with Gasteiger partial charge in [0, 0.05) is 18.3 Å².